The highest BCUT2D eigenvalue weighted by Crippen LogP contribution is 2.11. The first-order chi connectivity index (χ1) is 8.38. The van der Waals surface area contributed by atoms with Crippen LogP contribution in [0.1, 0.15) is 26.3 Å². The summed E-state index contributed by atoms with van der Waals surface area (Å²) in [6.45, 7) is 6.54. The summed E-state index contributed by atoms with van der Waals surface area (Å²) < 4.78 is 10.5. The van der Waals surface area contributed by atoms with Crippen LogP contribution >= 0.6 is 0 Å². The van der Waals surface area contributed by atoms with Crippen LogP contribution in [0, 0.1) is 0 Å². The van der Waals surface area contributed by atoms with Gasteiger partial charge < -0.3 is 15.2 Å². The van der Waals surface area contributed by atoms with Crippen molar-refractivity contribution in [2.24, 2.45) is 0 Å². The van der Waals surface area contributed by atoms with Gasteiger partial charge >= 0.3 is 5.97 Å². The molecule has 0 saturated carbocycles. The maximum absolute atomic E-state index is 11.6. The maximum atomic E-state index is 11.6. The Morgan fingerprint density at radius 2 is 1.89 bits per heavy atom. The molecule has 0 aromatic heterocycles. The van der Waals surface area contributed by atoms with Gasteiger partial charge in [-0.05, 0) is 32.4 Å². The smallest absolute Gasteiger partial charge is 0.310 e. The average Bonchev–Trinajstić information content (AvgIpc) is 2.26. The molecule has 0 aliphatic rings. The monoisotopic (exact) mass is 251 g/mol. The summed E-state index contributed by atoms with van der Waals surface area (Å²) in [4.78, 5) is 11.6. The molecule has 0 radical (unpaired) electrons. The third-order valence-electron chi connectivity index (χ3n) is 2.27. The van der Waals surface area contributed by atoms with E-state index in [1.165, 1.54) is 0 Å². The summed E-state index contributed by atoms with van der Waals surface area (Å²) in [6.07, 6.45) is 0.197. The van der Waals surface area contributed by atoms with Crippen LogP contribution in [0.15, 0.2) is 24.3 Å². The molecule has 0 amide bonds. The van der Waals surface area contributed by atoms with Crippen LogP contribution in [0.5, 0.6) is 0 Å². The van der Waals surface area contributed by atoms with Gasteiger partial charge in [-0.15, -0.1) is 0 Å². The Hall–Kier alpha value is -1.55. The third-order valence-corrected chi connectivity index (χ3v) is 2.27. The van der Waals surface area contributed by atoms with Crippen LogP contribution in [0.4, 0.5) is 5.69 Å². The van der Waals surface area contributed by atoms with E-state index < -0.39 is 0 Å². The molecule has 0 saturated heterocycles. The van der Waals surface area contributed by atoms with Crippen molar-refractivity contribution in [1.29, 1.82) is 0 Å². The number of carbonyl (C=O) groups excluding carboxylic acids is 1. The predicted molar refractivity (Wildman–Crippen MR) is 71.2 cm³/mol. The van der Waals surface area contributed by atoms with Gasteiger partial charge in [0.2, 0.25) is 0 Å². The molecule has 100 valence electrons. The molecule has 1 aromatic rings. The molecule has 0 heterocycles. The minimum Gasteiger partial charge on any atom is -0.463 e. The van der Waals surface area contributed by atoms with Crippen LogP contribution in [0.2, 0.25) is 0 Å². The molecule has 0 aliphatic carbocycles. The van der Waals surface area contributed by atoms with E-state index >= 15 is 0 Å². The molecule has 0 aliphatic heterocycles. The molecule has 0 fully saturated rings. The molecule has 0 spiro atoms. The number of esters is 1. The van der Waals surface area contributed by atoms with Crippen molar-refractivity contribution < 1.29 is 14.3 Å². The van der Waals surface area contributed by atoms with Crippen molar-refractivity contribution in [3.05, 3.63) is 29.8 Å². The molecule has 0 bridgehead atoms. The topological polar surface area (TPSA) is 61.5 Å². The number of nitrogen functional groups attached to an aromatic ring is 1. The normalized spacial score (nSPS) is 11.3. The van der Waals surface area contributed by atoms with E-state index in [9.17, 15) is 4.79 Å². The Morgan fingerprint density at radius 3 is 2.50 bits per heavy atom. The molecule has 0 unspecified atom stereocenters. The summed E-state index contributed by atoms with van der Waals surface area (Å²) in [5.74, 6) is -0.287. The minimum absolute atomic E-state index is 0.197. The van der Waals surface area contributed by atoms with Crippen LogP contribution in [0.25, 0.3) is 0 Å². The molecule has 1 rings (SSSR count). The molecular formula is C14H21NO3. The Kier molecular flexibility index (Phi) is 5.16. The lowest BCUT2D eigenvalue weighted by Crippen LogP contribution is -2.23. The second-order valence-corrected chi connectivity index (χ2v) is 5.06. The Morgan fingerprint density at radius 1 is 1.22 bits per heavy atom. The van der Waals surface area contributed by atoms with E-state index in [0.717, 1.165) is 5.56 Å². The lowest BCUT2D eigenvalue weighted by atomic mass is 10.1. The predicted octanol–water partition coefficient (Wildman–Crippen LogP) is 2.17. The molecule has 0 atom stereocenters. The molecule has 18 heavy (non-hydrogen) atoms. The summed E-state index contributed by atoms with van der Waals surface area (Å²) in [6, 6.07) is 7.27. The van der Waals surface area contributed by atoms with E-state index in [2.05, 4.69) is 0 Å². The van der Waals surface area contributed by atoms with E-state index in [4.69, 9.17) is 15.2 Å². The van der Waals surface area contributed by atoms with Gasteiger partial charge in [0.05, 0.1) is 18.6 Å². The second kappa shape index (κ2) is 6.40. The van der Waals surface area contributed by atoms with Gasteiger partial charge in [-0.3, -0.25) is 4.79 Å². The Bertz CT molecular complexity index is 396. The quantitative estimate of drug-likeness (QED) is 0.495. The minimum atomic E-state index is -0.287. The van der Waals surface area contributed by atoms with Gasteiger partial charge in [0, 0.05) is 5.69 Å². The van der Waals surface area contributed by atoms with Crippen LogP contribution in [-0.2, 0) is 20.7 Å². The first kappa shape index (κ1) is 14.5. The zero-order valence-corrected chi connectivity index (χ0v) is 11.2. The molecule has 2 N–H and O–H groups in total. The van der Waals surface area contributed by atoms with E-state index in [-0.39, 0.29) is 24.6 Å². The van der Waals surface area contributed by atoms with E-state index in [1.54, 1.807) is 6.07 Å². The number of nitrogens with two attached hydrogens (primary N) is 1. The van der Waals surface area contributed by atoms with Crippen molar-refractivity contribution in [3.63, 3.8) is 0 Å². The first-order valence-corrected chi connectivity index (χ1v) is 6.01. The highest BCUT2D eigenvalue weighted by atomic mass is 16.6. The Labute approximate surface area is 108 Å². The fraction of sp³-hybridized carbons (Fsp3) is 0.500. The number of ether oxygens (including phenoxy) is 2. The molecule has 4 heteroatoms. The highest BCUT2D eigenvalue weighted by Gasteiger charge is 2.11. The standard InChI is InChI=1S/C14H21NO3/c1-14(2,3)18-9-8-17-13(16)10-11-6-4-5-7-12(11)15/h4-7H,8-10,15H2,1-3H3. The first-order valence-electron chi connectivity index (χ1n) is 6.01. The Balaban J connectivity index is 2.29. The third kappa shape index (κ3) is 5.68. The fourth-order valence-corrected chi connectivity index (χ4v) is 1.41. The number of carbonyl (C=O) groups is 1. The van der Waals surface area contributed by atoms with Crippen molar-refractivity contribution in [3.8, 4) is 0 Å². The number of hydrogen-bond donors (Lipinski definition) is 1. The highest BCUT2D eigenvalue weighted by molar-refractivity contribution is 5.74. The summed E-state index contributed by atoms with van der Waals surface area (Å²) in [5.41, 5.74) is 6.94. The van der Waals surface area contributed by atoms with Crippen LogP contribution in [0.3, 0.4) is 0 Å². The number of anilines is 1. The van der Waals surface area contributed by atoms with Gasteiger partial charge in [0.25, 0.3) is 0 Å². The number of para-hydroxylation sites is 1. The van der Waals surface area contributed by atoms with Crippen molar-refractivity contribution >= 4 is 11.7 Å². The van der Waals surface area contributed by atoms with Gasteiger partial charge in [-0.1, -0.05) is 18.2 Å². The molecule has 4 nitrogen and oxygen atoms in total. The summed E-state index contributed by atoms with van der Waals surface area (Å²) >= 11 is 0. The molecular weight excluding hydrogens is 230 g/mol. The second-order valence-electron chi connectivity index (χ2n) is 5.06. The lowest BCUT2D eigenvalue weighted by molar-refractivity contribution is -0.146. The largest absolute Gasteiger partial charge is 0.463 e. The zero-order valence-electron chi connectivity index (χ0n) is 11.2. The lowest BCUT2D eigenvalue weighted by Gasteiger charge is -2.19. The van der Waals surface area contributed by atoms with Gasteiger partial charge in [-0.2, -0.15) is 0 Å². The van der Waals surface area contributed by atoms with Gasteiger partial charge in [0.1, 0.15) is 6.61 Å². The number of benzene rings is 1. The van der Waals surface area contributed by atoms with Crippen LogP contribution in [-0.4, -0.2) is 24.8 Å². The van der Waals surface area contributed by atoms with E-state index in [0.29, 0.717) is 12.3 Å². The van der Waals surface area contributed by atoms with Crippen molar-refractivity contribution in [2.45, 2.75) is 32.8 Å². The number of rotatable bonds is 5. The summed E-state index contributed by atoms with van der Waals surface area (Å²) in [7, 11) is 0. The van der Waals surface area contributed by atoms with Gasteiger partial charge in [-0.25, -0.2) is 0 Å². The van der Waals surface area contributed by atoms with Crippen molar-refractivity contribution in [1.82, 2.24) is 0 Å². The molecule has 1 aromatic carbocycles. The average molecular weight is 251 g/mol. The van der Waals surface area contributed by atoms with Crippen molar-refractivity contribution in [2.75, 3.05) is 18.9 Å². The summed E-state index contributed by atoms with van der Waals surface area (Å²) in [5, 5.41) is 0. The zero-order chi connectivity index (χ0) is 13.6. The maximum Gasteiger partial charge on any atom is 0.310 e. The number of hydrogen-bond acceptors (Lipinski definition) is 4. The van der Waals surface area contributed by atoms with E-state index in [1.807, 2.05) is 39.0 Å². The van der Waals surface area contributed by atoms with Gasteiger partial charge in [0.15, 0.2) is 0 Å². The van der Waals surface area contributed by atoms with Crippen LogP contribution < -0.4 is 5.73 Å². The fourth-order valence-electron chi connectivity index (χ4n) is 1.41. The SMILES string of the molecule is CC(C)(C)OCCOC(=O)Cc1ccccc1N.